The van der Waals surface area contributed by atoms with E-state index in [9.17, 15) is 9.59 Å². The summed E-state index contributed by atoms with van der Waals surface area (Å²) in [6.45, 7) is 1.26. The van der Waals surface area contributed by atoms with E-state index in [0.29, 0.717) is 17.6 Å². The molecule has 1 saturated carbocycles. The standard InChI is InChI=1S/C19H20BrN3O2S/c20-14-5-1-3-12(9-14)15-10-16(15)18(25)23-7-2-4-13(11-23)17(24)22-19-21-6-8-26-19/h1,3,5-6,8-9,13,15-16H,2,4,7,10-11H2,(H,21,22,24). The normalized spacial score (nSPS) is 25.0. The van der Waals surface area contributed by atoms with Gasteiger partial charge < -0.3 is 10.2 Å². The first-order valence-corrected chi connectivity index (χ1v) is 10.5. The summed E-state index contributed by atoms with van der Waals surface area (Å²) in [6.07, 6.45) is 4.27. The van der Waals surface area contributed by atoms with Crippen molar-refractivity contribution in [1.82, 2.24) is 9.88 Å². The number of piperidine rings is 1. The van der Waals surface area contributed by atoms with Crippen molar-refractivity contribution in [2.45, 2.75) is 25.2 Å². The van der Waals surface area contributed by atoms with Crippen LogP contribution < -0.4 is 5.32 Å². The van der Waals surface area contributed by atoms with Crippen LogP contribution in [0, 0.1) is 11.8 Å². The number of amides is 2. The SMILES string of the molecule is O=C(Nc1nccs1)C1CCCN(C(=O)C2CC2c2cccc(Br)c2)C1. The maximum atomic E-state index is 12.9. The molecule has 7 heteroatoms. The van der Waals surface area contributed by atoms with E-state index in [1.807, 2.05) is 22.4 Å². The van der Waals surface area contributed by atoms with Crippen LogP contribution in [-0.2, 0) is 9.59 Å². The third-order valence-electron chi connectivity index (χ3n) is 5.15. The molecule has 2 amide bonds. The molecule has 5 nitrogen and oxygen atoms in total. The van der Waals surface area contributed by atoms with Crippen molar-refractivity contribution in [1.29, 1.82) is 0 Å². The molecule has 0 spiro atoms. The Morgan fingerprint density at radius 3 is 3.00 bits per heavy atom. The Balaban J connectivity index is 1.36. The fourth-order valence-corrected chi connectivity index (χ4v) is 4.64. The molecule has 2 aromatic rings. The van der Waals surface area contributed by atoms with Crippen LogP contribution in [0.5, 0.6) is 0 Å². The van der Waals surface area contributed by atoms with Crippen LogP contribution in [0.15, 0.2) is 40.3 Å². The number of carbonyl (C=O) groups is 2. The molecule has 0 bridgehead atoms. The maximum Gasteiger partial charge on any atom is 0.231 e. The van der Waals surface area contributed by atoms with Crippen molar-refractivity contribution in [2.75, 3.05) is 18.4 Å². The fraction of sp³-hybridized carbons (Fsp3) is 0.421. The molecule has 0 radical (unpaired) electrons. The van der Waals surface area contributed by atoms with E-state index in [1.54, 1.807) is 6.20 Å². The lowest BCUT2D eigenvalue weighted by Crippen LogP contribution is -2.44. The summed E-state index contributed by atoms with van der Waals surface area (Å²) in [5.74, 6) is 0.382. The summed E-state index contributed by atoms with van der Waals surface area (Å²) < 4.78 is 1.05. The van der Waals surface area contributed by atoms with Gasteiger partial charge in [-0.1, -0.05) is 28.1 Å². The fourth-order valence-electron chi connectivity index (χ4n) is 3.69. The van der Waals surface area contributed by atoms with Crippen LogP contribution in [0.3, 0.4) is 0 Å². The van der Waals surface area contributed by atoms with Crippen molar-refractivity contribution >= 4 is 44.2 Å². The maximum absolute atomic E-state index is 12.9. The third-order valence-corrected chi connectivity index (χ3v) is 6.33. The van der Waals surface area contributed by atoms with Crippen molar-refractivity contribution < 1.29 is 9.59 Å². The average Bonchev–Trinajstić information content (AvgIpc) is 3.30. The molecule has 3 unspecified atom stereocenters. The number of benzene rings is 1. The van der Waals surface area contributed by atoms with Gasteiger partial charge in [0.2, 0.25) is 11.8 Å². The van der Waals surface area contributed by atoms with Gasteiger partial charge in [0, 0.05) is 35.1 Å². The number of hydrogen-bond donors (Lipinski definition) is 1. The van der Waals surface area contributed by atoms with E-state index >= 15 is 0 Å². The van der Waals surface area contributed by atoms with Crippen molar-refractivity contribution in [3.05, 3.63) is 45.9 Å². The molecule has 2 fully saturated rings. The Kier molecular flexibility index (Phi) is 5.09. The predicted octanol–water partition coefficient (Wildman–Crippen LogP) is 3.89. The number of hydrogen-bond acceptors (Lipinski definition) is 4. The molecule has 1 N–H and O–H groups in total. The second kappa shape index (κ2) is 7.48. The number of aromatic nitrogens is 1. The van der Waals surface area contributed by atoms with Crippen LogP contribution >= 0.6 is 27.3 Å². The highest BCUT2D eigenvalue weighted by Gasteiger charge is 2.46. The van der Waals surface area contributed by atoms with Crippen molar-refractivity contribution in [2.24, 2.45) is 11.8 Å². The van der Waals surface area contributed by atoms with Crippen LogP contribution in [0.4, 0.5) is 5.13 Å². The van der Waals surface area contributed by atoms with Gasteiger partial charge in [0.05, 0.1) is 5.92 Å². The number of thiazole rings is 1. The molecule has 2 heterocycles. The summed E-state index contributed by atoms with van der Waals surface area (Å²) in [7, 11) is 0. The topological polar surface area (TPSA) is 62.3 Å². The van der Waals surface area contributed by atoms with E-state index in [-0.39, 0.29) is 23.7 Å². The van der Waals surface area contributed by atoms with Crippen LogP contribution in [0.1, 0.15) is 30.7 Å². The summed E-state index contributed by atoms with van der Waals surface area (Å²) in [4.78, 5) is 31.3. The van der Waals surface area contributed by atoms with Gasteiger partial charge in [0.15, 0.2) is 5.13 Å². The molecule has 1 aromatic carbocycles. The van der Waals surface area contributed by atoms with Crippen molar-refractivity contribution in [3.8, 4) is 0 Å². The monoisotopic (exact) mass is 433 g/mol. The molecule has 1 aliphatic carbocycles. The van der Waals surface area contributed by atoms with Gasteiger partial charge in [-0.05, 0) is 42.9 Å². The molecule has 1 aromatic heterocycles. The predicted molar refractivity (Wildman–Crippen MR) is 105 cm³/mol. The molecule has 2 aliphatic rings. The summed E-state index contributed by atoms with van der Waals surface area (Å²) in [5, 5.41) is 5.32. The third kappa shape index (κ3) is 3.83. The van der Waals surface area contributed by atoms with Gasteiger partial charge in [-0.3, -0.25) is 9.59 Å². The summed E-state index contributed by atoms with van der Waals surface area (Å²) in [6, 6.07) is 8.19. The summed E-state index contributed by atoms with van der Waals surface area (Å²) >= 11 is 4.90. The quantitative estimate of drug-likeness (QED) is 0.795. The van der Waals surface area contributed by atoms with Crippen molar-refractivity contribution in [3.63, 3.8) is 0 Å². The number of likely N-dealkylation sites (tertiary alicyclic amines) is 1. The Morgan fingerprint density at radius 2 is 2.23 bits per heavy atom. The van der Waals surface area contributed by atoms with Gasteiger partial charge in [-0.25, -0.2) is 4.98 Å². The number of nitrogens with one attached hydrogen (secondary N) is 1. The van der Waals surface area contributed by atoms with Gasteiger partial charge in [0.25, 0.3) is 0 Å². The number of nitrogens with zero attached hydrogens (tertiary/aromatic N) is 2. The Morgan fingerprint density at radius 1 is 1.35 bits per heavy atom. The molecule has 4 rings (SSSR count). The number of halogens is 1. The highest BCUT2D eigenvalue weighted by molar-refractivity contribution is 9.10. The lowest BCUT2D eigenvalue weighted by molar-refractivity contribution is -0.135. The van der Waals surface area contributed by atoms with E-state index in [0.717, 1.165) is 30.3 Å². The Bertz CT molecular complexity index is 811. The highest BCUT2D eigenvalue weighted by Crippen LogP contribution is 2.49. The van der Waals surface area contributed by atoms with Crippen LogP contribution in [0.25, 0.3) is 0 Å². The second-order valence-corrected chi connectivity index (χ2v) is 8.76. The summed E-state index contributed by atoms with van der Waals surface area (Å²) in [5.41, 5.74) is 1.22. The minimum absolute atomic E-state index is 0.0308. The first-order chi connectivity index (χ1) is 12.6. The number of carbonyl (C=O) groups excluding carboxylic acids is 2. The van der Waals surface area contributed by atoms with Gasteiger partial charge in [-0.15, -0.1) is 11.3 Å². The first kappa shape index (κ1) is 17.7. The molecule has 1 aliphatic heterocycles. The molecular weight excluding hydrogens is 414 g/mol. The van der Waals surface area contributed by atoms with Gasteiger partial charge in [0.1, 0.15) is 0 Å². The second-order valence-electron chi connectivity index (χ2n) is 6.95. The number of anilines is 1. The molecule has 26 heavy (non-hydrogen) atoms. The smallest absolute Gasteiger partial charge is 0.231 e. The van der Waals surface area contributed by atoms with E-state index < -0.39 is 0 Å². The zero-order valence-electron chi connectivity index (χ0n) is 14.2. The molecule has 1 saturated heterocycles. The molecule has 136 valence electrons. The first-order valence-electron chi connectivity index (χ1n) is 8.86. The van der Waals surface area contributed by atoms with E-state index in [4.69, 9.17) is 0 Å². The zero-order chi connectivity index (χ0) is 18.1. The van der Waals surface area contributed by atoms with Crippen LogP contribution in [-0.4, -0.2) is 34.8 Å². The minimum Gasteiger partial charge on any atom is -0.342 e. The van der Waals surface area contributed by atoms with Crippen LogP contribution in [0.2, 0.25) is 0 Å². The molecule has 3 atom stereocenters. The van der Waals surface area contributed by atoms with Gasteiger partial charge in [-0.2, -0.15) is 0 Å². The lowest BCUT2D eigenvalue weighted by atomic mass is 9.96. The highest BCUT2D eigenvalue weighted by atomic mass is 79.9. The number of rotatable bonds is 4. The zero-order valence-corrected chi connectivity index (χ0v) is 16.6. The van der Waals surface area contributed by atoms with Gasteiger partial charge >= 0.3 is 0 Å². The Labute approximate surface area is 164 Å². The largest absolute Gasteiger partial charge is 0.342 e. The minimum atomic E-state index is -0.153. The molecular formula is C19H20BrN3O2S. The average molecular weight is 434 g/mol. The van der Waals surface area contributed by atoms with E-state index in [1.165, 1.54) is 16.9 Å². The Hall–Kier alpha value is -1.73. The van der Waals surface area contributed by atoms with E-state index in [2.05, 4.69) is 38.4 Å². The lowest BCUT2D eigenvalue weighted by Gasteiger charge is -2.32.